The van der Waals surface area contributed by atoms with E-state index in [0.29, 0.717) is 30.2 Å². The van der Waals surface area contributed by atoms with E-state index in [0.717, 1.165) is 22.0 Å². The molecule has 0 heterocycles. The normalized spacial score (nSPS) is 11.6. The van der Waals surface area contributed by atoms with Gasteiger partial charge in [0.1, 0.15) is 5.75 Å². The number of anilines is 1. The summed E-state index contributed by atoms with van der Waals surface area (Å²) in [5.41, 5.74) is 3.05. The molecule has 6 nitrogen and oxygen atoms in total. The summed E-state index contributed by atoms with van der Waals surface area (Å²) in [6, 6.07) is 10.7. The van der Waals surface area contributed by atoms with Gasteiger partial charge < -0.3 is 20.1 Å². The molecule has 29 heavy (non-hydrogen) atoms. The molecule has 0 bridgehead atoms. The smallest absolute Gasteiger partial charge is 0.265 e. The summed E-state index contributed by atoms with van der Waals surface area (Å²) in [7, 11) is 1.63. The van der Waals surface area contributed by atoms with E-state index in [1.165, 1.54) is 0 Å². The second-order valence-corrected chi connectivity index (χ2v) is 7.71. The standard InChI is InChI=1S/C22H27BrN2O4/c1-14-12-18(23)13-15(2)20(14)29-16(3)21(26)25-19-8-6-17(7-9-19)22(27)24-10-5-11-28-4/h6-9,12-13,16H,5,10-11H2,1-4H3,(H,24,27)(H,25,26). The number of carbonyl (C=O) groups excluding carboxylic acids is 2. The second-order valence-electron chi connectivity index (χ2n) is 6.80. The Hall–Kier alpha value is -2.38. The molecule has 1 atom stereocenters. The number of aryl methyl sites for hydroxylation is 2. The van der Waals surface area contributed by atoms with Crippen molar-refractivity contribution in [3.63, 3.8) is 0 Å². The molecule has 2 amide bonds. The topological polar surface area (TPSA) is 76.7 Å². The largest absolute Gasteiger partial charge is 0.480 e. The summed E-state index contributed by atoms with van der Waals surface area (Å²) in [5.74, 6) is 0.289. The lowest BCUT2D eigenvalue weighted by Crippen LogP contribution is -2.30. The number of ether oxygens (including phenoxy) is 2. The van der Waals surface area contributed by atoms with Gasteiger partial charge in [-0.2, -0.15) is 0 Å². The molecule has 0 saturated heterocycles. The fourth-order valence-electron chi connectivity index (χ4n) is 2.78. The number of benzene rings is 2. The number of hydrogen-bond acceptors (Lipinski definition) is 4. The zero-order valence-electron chi connectivity index (χ0n) is 17.2. The number of hydrogen-bond donors (Lipinski definition) is 2. The van der Waals surface area contributed by atoms with E-state index >= 15 is 0 Å². The molecule has 2 aromatic rings. The Morgan fingerprint density at radius 1 is 1.10 bits per heavy atom. The number of halogens is 1. The number of nitrogens with one attached hydrogen (secondary N) is 2. The maximum atomic E-state index is 12.5. The molecule has 0 spiro atoms. The van der Waals surface area contributed by atoms with Crippen LogP contribution in [0.15, 0.2) is 40.9 Å². The minimum absolute atomic E-state index is 0.156. The van der Waals surface area contributed by atoms with Crippen molar-refractivity contribution in [1.82, 2.24) is 5.32 Å². The number of methoxy groups -OCH3 is 1. The average molecular weight is 463 g/mol. The third-order valence-corrected chi connectivity index (χ3v) is 4.77. The first-order valence-corrected chi connectivity index (χ1v) is 10.2. The van der Waals surface area contributed by atoms with Crippen LogP contribution < -0.4 is 15.4 Å². The Bertz CT molecular complexity index is 829. The van der Waals surface area contributed by atoms with E-state index in [2.05, 4.69) is 26.6 Å². The lowest BCUT2D eigenvalue weighted by atomic mass is 10.1. The van der Waals surface area contributed by atoms with E-state index in [4.69, 9.17) is 9.47 Å². The molecule has 0 radical (unpaired) electrons. The van der Waals surface area contributed by atoms with Gasteiger partial charge in [0.05, 0.1) is 0 Å². The maximum Gasteiger partial charge on any atom is 0.265 e. The van der Waals surface area contributed by atoms with Gasteiger partial charge in [-0.15, -0.1) is 0 Å². The van der Waals surface area contributed by atoms with Crippen LogP contribution in [0.4, 0.5) is 5.69 Å². The molecule has 2 N–H and O–H groups in total. The van der Waals surface area contributed by atoms with Crippen LogP contribution >= 0.6 is 15.9 Å². The van der Waals surface area contributed by atoms with Crippen LogP contribution in [0.25, 0.3) is 0 Å². The van der Waals surface area contributed by atoms with Gasteiger partial charge >= 0.3 is 0 Å². The third kappa shape index (κ3) is 6.87. The highest BCUT2D eigenvalue weighted by Crippen LogP contribution is 2.28. The minimum Gasteiger partial charge on any atom is -0.480 e. The highest BCUT2D eigenvalue weighted by atomic mass is 79.9. The average Bonchev–Trinajstić information content (AvgIpc) is 2.68. The van der Waals surface area contributed by atoms with E-state index in [1.807, 2.05) is 26.0 Å². The van der Waals surface area contributed by atoms with Crippen LogP contribution in [-0.2, 0) is 9.53 Å². The highest BCUT2D eigenvalue weighted by Gasteiger charge is 2.17. The maximum absolute atomic E-state index is 12.5. The van der Waals surface area contributed by atoms with Gasteiger partial charge in [-0.05, 0) is 74.7 Å². The first-order chi connectivity index (χ1) is 13.8. The summed E-state index contributed by atoms with van der Waals surface area (Å²) in [5, 5.41) is 5.64. The molecule has 0 aliphatic rings. The van der Waals surface area contributed by atoms with Crippen LogP contribution in [0.1, 0.15) is 34.8 Å². The van der Waals surface area contributed by atoms with Crippen LogP contribution in [-0.4, -0.2) is 38.2 Å². The second kappa shape index (κ2) is 11.0. The van der Waals surface area contributed by atoms with E-state index in [1.54, 1.807) is 38.3 Å². The van der Waals surface area contributed by atoms with Crippen molar-refractivity contribution >= 4 is 33.4 Å². The SMILES string of the molecule is COCCCNC(=O)c1ccc(NC(=O)C(C)Oc2c(C)cc(Br)cc2C)cc1. The van der Waals surface area contributed by atoms with Gasteiger partial charge in [-0.1, -0.05) is 15.9 Å². The molecule has 2 aromatic carbocycles. The highest BCUT2D eigenvalue weighted by molar-refractivity contribution is 9.10. The van der Waals surface area contributed by atoms with Crippen LogP contribution in [0.3, 0.4) is 0 Å². The summed E-state index contributed by atoms with van der Waals surface area (Å²) in [6.07, 6.45) is 0.0864. The van der Waals surface area contributed by atoms with Crippen molar-refractivity contribution in [2.75, 3.05) is 25.6 Å². The van der Waals surface area contributed by atoms with Crippen molar-refractivity contribution in [3.05, 3.63) is 57.6 Å². The monoisotopic (exact) mass is 462 g/mol. The predicted octanol–water partition coefficient (Wildman–Crippen LogP) is 4.24. The molecule has 0 aliphatic heterocycles. The number of amides is 2. The Morgan fingerprint density at radius 3 is 2.31 bits per heavy atom. The van der Waals surface area contributed by atoms with E-state index < -0.39 is 6.10 Å². The molecule has 156 valence electrons. The molecule has 1 unspecified atom stereocenters. The number of carbonyl (C=O) groups is 2. The molecule has 0 fully saturated rings. The minimum atomic E-state index is -0.669. The Kier molecular flexibility index (Phi) is 8.67. The molecule has 2 rings (SSSR count). The molecular weight excluding hydrogens is 436 g/mol. The molecule has 0 saturated carbocycles. The van der Waals surface area contributed by atoms with Gasteiger partial charge in [0, 0.05) is 36.0 Å². The zero-order valence-corrected chi connectivity index (χ0v) is 18.8. The van der Waals surface area contributed by atoms with Gasteiger partial charge in [-0.25, -0.2) is 0 Å². The van der Waals surface area contributed by atoms with Gasteiger partial charge in [0.15, 0.2) is 6.10 Å². The van der Waals surface area contributed by atoms with Crippen molar-refractivity contribution in [2.45, 2.75) is 33.3 Å². The summed E-state index contributed by atoms with van der Waals surface area (Å²) in [4.78, 5) is 24.6. The van der Waals surface area contributed by atoms with Crippen molar-refractivity contribution < 1.29 is 19.1 Å². The van der Waals surface area contributed by atoms with Crippen LogP contribution in [0.5, 0.6) is 5.75 Å². The fourth-order valence-corrected chi connectivity index (χ4v) is 3.47. The van der Waals surface area contributed by atoms with Gasteiger partial charge in [-0.3, -0.25) is 9.59 Å². The third-order valence-electron chi connectivity index (χ3n) is 4.31. The Labute approximate surface area is 180 Å². The first kappa shape index (κ1) is 22.9. The zero-order chi connectivity index (χ0) is 21.4. The molecule has 0 aromatic heterocycles. The molecule has 0 aliphatic carbocycles. The van der Waals surface area contributed by atoms with Gasteiger partial charge in [0.2, 0.25) is 0 Å². The Morgan fingerprint density at radius 2 is 1.72 bits per heavy atom. The number of rotatable bonds is 9. The van der Waals surface area contributed by atoms with Crippen LogP contribution in [0.2, 0.25) is 0 Å². The quantitative estimate of drug-likeness (QED) is 0.546. The van der Waals surface area contributed by atoms with Crippen molar-refractivity contribution in [1.29, 1.82) is 0 Å². The predicted molar refractivity (Wildman–Crippen MR) is 118 cm³/mol. The first-order valence-electron chi connectivity index (χ1n) is 9.43. The summed E-state index contributed by atoms with van der Waals surface area (Å²) < 4.78 is 11.8. The van der Waals surface area contributed by atoms with Crippen LogP contribution in [0, 0.1) is 13.8 Å². The molecule has 7 heteroatoms. The van der Waals surface area contributed by atoms with Crippen molar-refractivity contribution in [3.8, 4) is 5.75 Å². The lowest BCUT2D eigenvalue weighted by molar-refractivity contribution is -0.122. The van der Waals surface area contributed by atoms with E-state index in [-0.39, 0.29) is 11.8 Å². The summed E-state index contributed by atoms with van der Waals surface area (Å²) >= 11 is 3.45. The fraction of sp³-hybridized carbons (Fsp3) is 0.364. The summed E-state index contributed by atoms with van der Waals surface area (Å²) in [6.45, 7) is 6.74. The lowest BCUT2D eigenvalue weighted by Gasteiger charge is -2.18. The Balaban J connectivity index is 1.92. The van der Waals surface area contributed by atoms with Crippen molar-refractivity contribution in [2.24, 2.45) is 0 Å². The van der Waals surface area contributed by atoms with Gasteiger partial charge in [0.25, 0.3) is 11.8 Å². The van der Waals surface area contributed by atoms with E-state index in [9.17, 15) is 9.59 Å². The molecular formula is C22H27BrN2O4.